The van der Waals surface area contributed by atoms with E-state index in [0.29, 0.717) is 6.54 Å². The molecule has 0 saturated carbocycles. The maximum atomic E-state index is 10.6. The van der Waals surface area contributed by atoms with E-state index in [4.69, 9.17) is 5.73 Å². The second kappa shape index (κ2) is 6.10. The second-order valence-corrected chi connectivity index (χ2v) is 1.59. The van der Waals surface area contributed by atoms with Gasteiger partial charge in [0.1, 0.15) is 13.2 Å². The molecule has 0 unspecified atom stereocenters. The van der Waals surface area contributed by atoms with E-state index in [0.717, 1.165) is 0 Å². The summed E-state index contributed by atoms with van der Waals surface area (Å²) in [6, 6.07) is 0. The van der Waals surface area contributed by atoms with Crippen molar-refractivity contribution < 1.29 is 9.53 Å². The molecule has 0 bridgehead atoms. The van der Waals surface area contributed by atoms with E-state index in [1.807, 2.05) is 0 Å². The molecule has 0 atom stereocenters. The van der Waals surface area contributed by atoms with Gasteiger partial charge in [-0.1, -0.05) is 6.58 Å². The highest BCUT2D eigenvalue weighted by molar-refractivity contribution is 5.71. The number of hydrogen-bond acceptors (Lipinski definition) is 4. The van der Waals surface area contributed by atoms with Crippen LogP contribution in [0.2, 0.25) is 0 Å². The molecule has 58 valence electrons. The number of carbonyl (C=O) groups is 1. The Morgan fingerprint density at radius 1 is 1.80 bits per heavy atom. The number of nitrogens with one attached hydrogen (secondary N) is 1. The van der Waals surface area contributed by atoms with Crippen LogP contribution < -0.4 is 11.1 Å². The van der Waals surface area contributed by atoms with Gasteiger partial charge >= 0.3 is 5.97 Å². The quantitative estimate of drug-likeness (QED) is 0.497. The molecule has 0 fully saturated rings. The lowest BCUT2D eigenvalue weighted by atomic mass is 10.6. The van der Waals surface area contributed by atoms with Gasteiger partial charge in [0.05, 0.1) is 0 Å². The van der Waals surface area contributed by atoms with Crippen LogP contribution >= 0.6 is 0 Å². The Kier molecular flexibility index (Phi) is 5.47. The molecule has 4 heteroatoms. The highest BCUT2D eigenvalue weighted by Crippen LogP contribution is 1.73. The van der Waals surface area contributed by atoms with Crippen LogP contribution in [0, 0.1) is 0 Å². The Morgan fingerprint density at radius 3 is 3.00 bits per heavy atom. The lowest BCUT2D eigenvalue weighted by Gasteiger charge is -2.01. The number of nitrogens with two attached hydrogens (primary N) is 1. The normalized spacial score (nSPS) is 8.50. The first kappa shape index (κ1) is 8.97. The second-order valence-electron chi connectivity index (χ2n) is 1.59. The highest BCUT2D eigenvalue weighted by Gasteiger charge is 1.97. The molecule has 0 aromatic heterocycles. The zero-order valence-electron chi connectivity index (χ0n) is 5.80. The largest absolute Gasteiger partial charge is 0.463 e. The standard InChI is InChI=1S/C6H12N2O2/c1-2-8-5-6(9)10-4-3-7/h2,8H,1,3-5,7H2. The Labute approximate surface area is 60.0 Å². The third-order valence-electron chi connectivity index (χ3n) is 0.772. The van der Waals surface area contributed by atoms with Crippen molar-refractivity contribution in [2.24, 2.45) is 5.73 Å². The van der Waals surface area contributed by atoms with Crippen molar-refractivity contribution in [2.75, 3.05) is 19.7 Å². The number of ether oxygens (including phenoxy) is 1. The average Bonchev–Trinajstić information content (AvgIpc) is 1.97. The summed E-state index contributed by atoms with van der Waals surface area (Å²) in [5, 5.41) is 2.61. The molecule has 0 rings (SSSR count). The summed E-state index contributed by atoms with van der Waals surface area (Å²) in [7, 11) is 0. The Bertz CT molecular complexity index is 114. The van der Waals surface area contributed by atoms with Crippen LogP contribution in [0.5, 0.6) is 0 Å². The van der Waals surface area contributed by atoms with E-state index in [-0.39, 0.29) is 19.1 Å². The van der Waals surface area contributed by atoms with Crippen molar-refractivity contribution in [2.45, 2.75) is 0 Å². The van der Waals surface area contributed by atoms with E-state index in [1.54, 1.807) is 0 Å². The molecular weight excluding hydrogens is 132 g/mol. The van der Waals surface area contributed by atoms with Crippen molar-refractivity contribution in [3.63, 3.8) is 0 Å². The Morgan fingerprint density at radius 2 is 2.50 bits per heavy atom. The van der Waals surface area contributed by atoms with Crippen LogP contribution in [0.3, 0.4) is 0 Å². The molecule has 0 aliphatic rings. The molecule has 0 aromatic rings. The SMILES string of the molecule is C=CNCC(=O)OCCN. The maximum absolute atomic E-state index is 10.6. The summed E-state index contributed by atoms with van der Waals surface area (Å²) < 4.78 is 4.62. The molecule has 0 saturated heterocycles. The Hall–Kier alpha value is -1.03. The zero-order chi connectivity index (χ0) is 7.82. The monoisotopic (exact) mass is 144 g/mol. The van der Waals surface area contributed by atoms with Crippen molar-refractivity contribution in [1.82, 2.24) is 5.32 Å². The summed E-state index contributed by atoms with van der Waals surface area (Å²) in [4.78, 5) is 10.6. The van der Waals surface area contributed by atoms with Gasteiger partial charge < -0.3 is 15.8 Å². The van der Waals surface area contributed by atoms with Gasteiger partial charge in [-0.3, -0.25) is 4.79 Å². The number of hydrogen-bond donors (Lipinski definition) is 2. The first-order valence-corrected chi connectivity index (χ1v) is 3.01. The molecular formula is C6H12N2O2. The van der Waals surface area contributed by atoms with Gasteiger partial charge in [0.15, 0.2) is 0 Å². The minimum atomic E-state index is -0.314. The summed E-state index contributed by atoms with van der Waals surface area (Å²) in [5.41, 5.74) is 5.09. The van der Waals surface area contributed by atoms with E-state index in [1.165, 1.54) is 6.20 Å². The molecule has 0 aliphatic carbocycles. The van der Waals surface area contributed by atoms with E-state index >= 15 is 0 Å². The zero-order valence-corrected chi connectivity index (χ0v) is 5.80. The van der Waals surface area contributed by atoms with Gasteiger partial charge in [-0.25, -0.2) is 0 Å². The van der Waals surface area contributed by atoms with E-state index in [9.17, 15) is 4.79 Å². The van der Waals surface area contributed by atoms with Gasteiger partial charge in [0.2, 0.25) is 0 Å². The van der Waals surface area contributed by atoms with Gasteiger partial charge in [0, 0.05) is 6.54 Å². The fourth-order valence-electron chi connectivity index (χ4n) is 0.379. The molecule has 10 heavy (non-hydrogen) atoms. The molecule has 0 amide bonds. The first-order valence-electron chi connectivity index (χ1n) is 3.01. The number of carbonyl (C=O) groups excluding carboxylic acids is 1. The van der Waals surface area contributed by atoms with Crippen molar-refractivity contribution >= 4 is 5.97 Å². The predicted octanol–water partition coefficient (Wildman–Crippen LogP) is -0.779. The minimum absolute atomic E-state index is 0.156. The van der Waals surface area contributed by atoms with E-state index < -0.39 is 0 Å². The lowest BCUT2D eigenvalue weighted by molar-refractivity contribution is -0.142. The molecule has 3 N–H and O–H groups in total. The van der Waals surface area contributed by atoms with Crippen molar-refractivity contribution in [3.05, 3.63) is 12.8 Å². The fraction of sp³-hybridized carbons (Fsp3) is 0.500. The van der Waals surface area contributed by atoms with Crippen LogP contribution in [-0.4, -0.2) is 25.7 Å². The third kappa shape index (κ3) is 5.11. The maximum Gasteiger partial charge on any atom is 0.325 e. The molecule has 0 radical (unpaired) electrons. The fourth-order valence-corrected chi connectivity index (χ4v) is 0.379. The molecule has 0 spiro atoms. The smallest absolute Gasteiger partial charge is 0.325 e. The summed E-state index contributed by atoms with van der Waals surface area (Å²) in [6.07, 6.45) is 1.43. The lowest BCUT2D eigenvalue weighted by Crippen LogP contribution is -2.22. The van der Waals surface area contributed by atoms with Gasteiger partial charge in [0.25, 0.3) is 0 Å². The molecule has 4 nitrogen and oxygen atoms in total. The van der Waals surface area contributed by atoms with Gasteiger partial charge in [-0.2, -0.15) is 0 Å². The third-order valence-corrected chi connectivity index (χ3v) is 0.772. The summed E-state index contributed by atoms with van der Waals surface area (Å²) in [6.45, 7) is 4.16. The average molecular weight is 144 g/mol. The van der Waals surface area contributed by atoms with Gasteiger partial charge in [-0.15, -0.1) is 0 Å². The highest BCUT2D eigenvalue weighted by atomic mass is 16.5. The molecule has 0 aliphatic heterocycles. The molecule has 0 heterocycles. The topological polar surface area (TPSA) is 64.3 Å². The summed E-state index contributed by atoms with van der Waals surface area (Å²) in [5.74, 6) is -0.314. The Balaban J connectivity index is 3.16. The van der Waals surface area contributed by atoms with E-state index in [2.05, 4.69) is 16.6 Å². The number of esters is 1. The summed E-state index contributed by atoms with van der Waals surface area (Å²) >= 11 is 0. The minimum Gasteiger partial charge on any atom is -0.463 e. The van der Waals surface area contributed by atoms with Crippen LogP contribution in [-0.2, 0) is 9.53 Å². The van der Waals surface area contributed by atoms with Crippen molar-refractivity contribution in [3.8, 4) is 0 Å². The molecule has 0 aromatic carbocycles. The van der Waals surface area contributed by atoms with Crippen LogP contribution in [0.15, 0.2) is 12.8 Å². The van der Waals surface area contributed by atoms with Crippen LogP contribution in [0.4, 0.5) is 0 Å². The van der Waals surface area contributed by atoms with Crippen LogP contribution in [0.25, 0.3) is 0 Å². The van der Waals surface area contributed by atoms with Crippen LogP contribution in [0.1, 0.15) is 0 Å². The van der Waals surface area contributed by atoms with Gasteiger partial charge in [-0.05, 0) is 6.20 Å². The first-order chi connectivity index (χ1) is 4.81. The number of rotatable bonds is 5. The predicted molar refractivity (Wildman–Crippen MR) is 38.2 cm³/mol. The van der Waals surface area contributed by atoms with Crippen molar-refractivity contribution in [1.29, 1.82) is 0 Å².